The number of hydrogen-bond donors (Lipinski definition) is 1. The van der Waals surface area contributed by atoms with Crippen molar-refractivity contribution in [1.82, 2.24) is 20.1 Å². The fourth-order valence-electron chi connectivity index (χ4n) is 1.84. The van der Waals surface area contributed by atoms with Crippen LogP contribution in [0.5, 0.6) is 0 Å². The average molecular weight is 272 g/mol. The summed E-state index contributed by atoms with van der Waals surface area (Å²) in [6, 6.07) is 6.60. The van der Waals surface area contributed by atoms with Gasteiger partial charge in [-0.25, -0.2) is 5.10 Å². The lowest BCUT2D eigenvalue weighted by Gasteiger charge is -2.20. The molecule has 0 spiro atoms. The van der Waals surface area contributed by atoms with Crippen molar-refractivity contribution in [3.63, 3.8) is 0 Å². The zero-order valence-corrected chi connectivity index (χ0v) is 11.2. The number of likely N-dealkylation sites (N-methyl/N-ethyl adjacent to an activating group) is 1. The van der Waals surface area contributed by atoms with E-state index in [2.05, 4.69) is 15.2 Å². The molecule has 0 aliphatic carbocycles. The van der Waals surface area contributed by atoms with Crippen LogP contribution in [0.3, 0.4) is 0 Å². The van der Waals surface area contributed by atoms with E-state index in [0.717, 1.165) is 12.0 Å². The molecule has 6 heteroatoms. The van der Waals surface area contributed by atoms with Crippen molar-refractivity contribution in [3.05, 3.63) is 58.3 Å². The van der Waals surface area contributed by atoms with E-state index >= 15 is 0 Å². The molecule has 0 aromatic carbocycles. The molecule has 0 unspecified atom stereocenters. The normalized spacial score (nSPS) is 10.2. The predicted molar refractivity (Wildman–Crippen MR) is 74.4 cm³/mol. The Morgan fingerprint density at radius 3 is 2.60 bits per heavy atom. The maximum Gasteiger partial charge on any atom is 0.274 e. The molecule has 0 radical (unpaired) electrons. The SMILES string of the molecule is CCN(CCc1ccncc1)C(=O)c1ccc(=O)[nH]n1. The van der Waals surface area contributed by atoms with E-state index in [4.69, 9.17) is 0 Å². The Morgan fingerprint density at radius 2 is 2.00 bits per heavy atom. The van der Waals surface area contributed by atoms with Gasteiger partial charge in [0.1, 0.15) is 5.69 Å². The van der Waals surface area contributed by atoms with Crippen molar-refractivity contribution < 1.29 is 4.79 Å². The Kier molecular flexibility index (Phi) is 4.60. The summed E-state index contributed by atoms with van der Waals surface area (Å²) in [7, 11) is 0. The molecule has 1 N–H and O–H groups in total. The van der Waals surface area contributed by atoms with Gasteiger partial charge in [0, 0.05) is 31.5 Å². The first-order valence-corrected chi connectivity index (χ1v) is 6.44. The molecule has 0 saturated carbocycles. The smallest absolute Gasteiger partial charge is 0.274 e. The van der Waals surface area contributed by atoms with Crippen LogP contribution in [0.2, 0.25) is 0 Å². The van der Waals surface area contributed by atoms with E-state index in [1.54, 1.807) is 17.3 Å². The zero-order valence-electron chi connectivity index (χ0n) is 11.2. The largest absolute Gasteiger partial charge is 0.337 e. The summed E-state index contributed by atoms with van der Waals surface area (Å²) in [6.07, 6.45) is 4.22. The molecular formula is C14H16N4O2. The molecule has 2 rings (SSSR count). The highest BCUT2D eigenvalue weighted by Gasteiger charge is 2.15. The molecule has 0 saturated heterocycles. The fourth-order valence-corrected chi connectivity index (χ4v) is 1.84. The number of H-pyrrole nitrogens is 1. The van der Waals surface area contributed by atoms with Gasteiger partial charge in [-0.1, -0.05) is 0 Å². The van der Waals surface area contributed by atoms with Crippen LogP contribution in [0, 0.1) is 0 Å². The molecule has 0 fully saturated rings. The second-order valence-electron chi connectivity index (χ2n) is 4.30. The second-order valence-corrected chi connectivity index (χ2v) is 4.30. The summed E-state index contributed by atoms with van der Waals surface area (Å²) in [6.45, 7) is 3.10. The van der Waals surface area contributed by atoms with Crippen LogP contribution >= 0.6 is 0 Å². The highest BCUT2D eigenvalue weighted by atomic mass is 16.2. The Labute approximate surface area is 116 Å². The number of pyridine rings is 1. The highest BCUT2D eigenvalue weighted by Crippen LogP contribution is 2.03. The Hall–Kier alpha value is -2.50. The van der Waals surface area contributed by atoms with E-state index in [1.807, 2.05) is 19.1 Å². The van der Waals surface area contributed by atoms with Crippen molar-refractivity contribution in [3.8, 4) is 0 Å². The third kappa shape index (κ3) is 3.50. The van der Waals surface area contributed by atoms with Gasteiger partial charge in [-0.05, 0) is 37.1 Å². The summed E-state index contributed by atoms with van der Waals surface area (Å²) >= 11 is 0. The van der Waals surface area contributed by atoms with Gasteiger partial charge in [0.25, 0.3) is 11.5 Å². The van der Waals surface area contributed by atoms with E-state index in [9.17, 15) is 9.59 Å². The molecule has 6 nitrogen and oxygen atoms in total. The van der Waals surface area contributed by atoms with Gasteiger partial charge in [-0.2, -0.15) is 5.10 Å². The number of hydrogen-bond acceptors (Lipinski definition) is 4. The van der Waals surface area contributed by atoms with Crippen molar-refractivity contribution in [2.75, 3.05) is 13.1 Å². The van der Waals surface area contributed by atoms with Gasteiger partial charge >= 0.3 is 0 Å². The van der Waals surface area contributed by atoms with E-state index < -0.39 is 0 Å². The molecule has 104 valence electrons. The number of carbonyl (C=O) groups is 1. The maximum atomic E-state index is 12.2. The first-order chi connectivity index (χ1) is 9.70. The molecule has 2 aromatic rings. The molecular weight excluding hydrogens is 256 g/mol. The minimum Gasteiger partial charge on any atom is -0.337 e. The van der Waals surface area contributed by atoms with Crippen LogP contribution in [0.1, 0.15) is 23.0 Å². The second kappa shape index (κ2) is 6.60. The van der Waals surface area contributed by atoms with Crippen molar-refractivity contribution in [2.45, 2.75) is 13.3 Å². The number of nitrogens with zero attached hydrogens (tertiary/aromatic N) is 3. The van der Waals surface area contributed by atoms with Crippen LogP contribution in [-0.2, 0) is 6.42 Å². The number of rotatable bonds is 5. The lowest BCUT2D eigenvalue weighted by molar-refractivity contribution is 0.0759. The third-order valence-corrected chi connectivity index (χ3v) is 2.99. The molecule has 0 bridgehead atoms. The van der Waals surface area contributed by atoms with Crippen molar-refractivity contribution in [1.29, 1.82) is 0 Å². The van der Waals surface area contributed by atoms with Crippen LogP contribution in [0.15, 0.2) is 41.5 Å². The number of amides is 1. The topological polar surface area (TPSA) is 79.0 Å². The van der Waals surface area contributed by atoms with Gasteiger partial charge in [0.2, 0.25) is 0 Å². The molecule has 1 amide bonds. The van der Waals surface area contributed by atoms with Crippen LogP contribution in [-0.4, -0.2) is 39.1 Å². The lowest BCUT2D eigenvalue weighted by atomic mass is 10.2. The van der Waals surface area contributed by atoms with E-state index in [0.29, 0.717) is 13.1 Å². The summed E-state index contributed by atoms with van der Waals surface area (Å²) in [5, 5.41) is 6.04. The monoisotopic (exact) mass is 272 g/mol. The Morgan fingerprint density at radius 1 is 1.25 bits per heavy atom. The fraction of sp³-hybridized carbons (Fsp3) is 0.286. The molecule has 2 heterocycles. The van der Waals surface area contributed by atoms with E-state index in [1.165, 1.54) is 12.1 Å². The summed E-state index contributed by atoms with van der Waals surface area (Å²) in [5.41, 5.74) is 1.06. The highest BCUT2D eigenvalue weighted by molar-refractivity contribution is 5.92. The van der Waals surface area contributed by atoms with Crippen LogP contribution in [0.25, 0.3) is 0 Å². The first-order valence-electron chi connectivity index (χ1n) is 6.44. The maximum absolute atomic E-state index is 12.2. The number of nitrogens with one attached hydrogen (secondary N) is 1. The third-order valence-electron chi connectivity index (χ3n) is 2.99. The number of carbonyl (C=O) groups excluding carboxylic acids is 1. The summed E-state index contributed by atoms with van der Waals surface area (Å²) < 4.78 is 0. The Balaban J connectivity index is 2.02. The Bertz CT molecular complexity index is 604. The lowest BCUT2D eigenvalue weighted by Crippen LogP contribution is -2.33. The van der Waals surface area contributed by atoms with Gasteiger partial charge in [-0.15, -0.1) is 0 Å². The van der Waals surface area contributed by atoms with Gasteiger partial charge in [-0.3, -0.25) is 14.6 Å². The predicted octanol–water partition coefficient (Wildman–Crippen LogP) is 0.870. The minimum absolute atomic E-state index is 0.183. The minimum atomic E-state index is -0.318. The number of aromatic amines is 1. The summed E-state index contributed by atoms with van der Waals surface area (Å²) in [5.74, 6) is -0.183. The standard InChI is InChI=1S/C14H16N4O2/c1-2-18(10-7-11-5-8-15-9-6-11)14(20)12-3-4-13(19)17-16-12/h3-6,8-9H,2,7,10H2,1H3,(H,17,19). The molecule has 20 heavy (non-hydrogen) atoms. The molecule has 0 atom stereocenters. The van der Waals surface area contributed by atoms with E-state index in [-0.39, 0.29) is 17.2 Å². The average Bonchev–Trinajstić information content (AvgIpc) is 2.49. The van der Waals surface area contributed by atoms with Crippen molar-refractivity contribution >= 4 is 5.91 Å². The zero-order chi connectivity index (χ0) is 14.4. The quantitative estimate of drug-likeness (QED) is 0.876. The number of aromatic nitrogens is 3. The van der Waals surface area contributed by atoms with Crippen molar-refractivity contribution in [2.24, 2.45) is 0 Å². The summed E-state index contributed by atoms with van der Waals surface area (Å²) in [4.78, 5) is 28.8. The van der Waals surface area contributed by atoms with Crippen LogP contribution in [0.4, 0.5) is 0 Å². The molecule has 0 aliphatic rings. The molecule has 0 aliphatic heterocycles. The van der Waals surface area contributed by atoms with Gasteiger partial charge < -0.3 is 4.90 Å². The van der Waals surface area contributed by atoms with Crippen LogP contribution < -0.4 is 5.56 Å². The first kappa shape index (κ1) is 13.9. The van der Waals surface area contributed by atoms with Gasteiger partial charge in [0.05, 0.1) is 0 Å². The molecule has 2 aromatic heterocycles. The van der Waals surface area contributed by atoms with Gasteiger partial charge in [0.15, 0.2) is 0 Å².